The minimum atomic E-state index is -0.285. The van der Waals surface area contributed by atoms with Gasteiger partial charge in [0, 0.05) is 21.9 Å². The van der Waals surface area contributed by atoms with Gasteiger partial charge in [0.05, 0.1) is 0 Å². The molecule has 3 aromatic rings. The number of amides is 2. The molecule has 3 aromatic heterocycles. The van der Waals surface area contributed by atoms with Gasteiger partial charge in [-0.05, 0) is 47.2 Å². The lowest BCUT2D eigenvalue weighted by Crippen LogP contribution is -2.12. The van der Waals surface area contributed by atoms with E-state index >= 15 is 0 Å². The summed E-state index contributed by atoms with van der Waals surface area (Å²) < 4.78 is 0. The number of carbonyl (C=O) groups is 2. The van der Waals surface area contributed by atoms with Crippen LogP contribution in [-0.2, 0) is 9.59 Å². The van der Waals surface area contributed by atoms with Crippen molar-refractivity contribution < 1.29 is 9.59 Å². The summed E-state index contributed by atoms with van der Waals surface area (Å²) in [6, 6.07) is 12.7. The van der Waals surface area contributed by atoms with Crippen molar-refractivity contribution in [3.8, 4) is 0 Å². The number of thiophene rings is 2. The Morgan fingerprint density at radius 1 is 0.769 bits per heavy atom. The maximum Gasteiger partial charge on any atom is 0.249 e. The molecule has 130 valence electrons. The van der Waals surface area contributed by atoms with Crippen molar-refractivity contribution in [2.24, 2.45) is 0 Å². The summed E-state index contributed by atoms with van der Waals surface area (Å²) in [5.74, 6) is 0.163. The largest absolute Gasteiger partial charge is 0.307 e. The molecule has 26 heavy (non-hydrogen) atoms. The number of anilines is 2. The van der Waals surface area contributed by atoms with E-state index in [9.17, 15) is 9.59 Å². The number of pyridine rings is 1. The minimum Gasteiger partial charge on any atom is -0.307 e. The molecule has 0 unspecified atom stereocenters. The van der Waals surface area contributed by atoms with Crippen molar-refractivity contribution >= 4 is 58.3 Å². The monoisotopic (exact) mass is 381 g/mol. The van der Waals surface area contributed by atoms with Crippen LogP contribution in [0.2, 0.25) is 0 Å². The molecule has 0 atom stereocenters. The van der Waals surface area contributed by atoms with Gasteiger partial charge in [-0.3, -0.25) is 9.59 Å². The number of rotatable bonds is 6. The summed E-state index contributed by atoms with van der Waals surface area (Å²) in [5.41, 5.74) is 0. The lowest BCUT2D eigenvalue weighted by Gasteiger charge is -2.05. The van der Waals surface area contributed by atoms with E-state index in [-0.39, 0.29) is 11.8 Å². The average Bonchev–Trinajstić information content (AvgIpc) is 3.32. The molecular weight excluding hydrogens is 366 g/mol. The summed E-state index contributed by atoms with van der Waals surface area (Å²) in [7, 11) is 0. The number of carbonyl (C=O) groups excluding carboxylic acids is 2. The first kappa shape index (κ1) is 17.8. The molecule has 0 spiro atoms. The van der Waals surface area contributed by atoms with Gasteiger partial charge in [-0.1, -0.05) is 18.2 Å². The Morgan fingerprint density at radius 3 is 1.69 bits per heavy atom. The van der Waals surface area contributed by atoms with E-state index in [1.807, 2.05) is 35.0 Å². The predicted octanol–water partition coefficient (Wildman–Crippen LogP) is 4.51. The number of aromatic nitrogens is 1. The van der Waals surface area contributed by atoms with Gasteiger partial charge in [0.15, 0.2) is 0 Å². The molecule has 3 rings (SSSR count). The van der Waals surface area contributed by atoms with E-state index in [4.69, 9.17) is 0 Å². The van der Waals surface area contributed by atoms with Crippen LogP contribution in [0.5, 0.6) is 0 Å². The zero-order chi connectivity index (χ0) is 18.2. The first-order valence-corrected chi connectivity index (χ1v) is 9.47. The van der Waals surface area contributed by atoms with Gasteiger partial charge in [-0.25, -0.2) is 4.98 Å². The van der Waals surface area contributed by atoms with Gasteiger partial charge in [-0.15, -0.1) is 22.7 Å². The summed E-state index contributed by atoms with van der Waals surface area (Å²) >= 11 is 3.10. The van der Waals surface area contributed by atoms with Crippen LogP contribution in [0.4, 0.5) is 11.6 Å². The fourth-order valence-electron chi connectivity index (χ4n) is 2.00. The van der Waals surface area contributed by atoms with Crippen LogP contribution in [0, 0.1) is 0 Å². The lowest BCUT2D eigenvalue weighted by atomic mass is 10.3. The van der Waals surface area contributed by atoms with Crippen LogP contribution in [-0.4, -0.2) is 16.8 Å². The maximum atomic E-state index is 11.9. The fraction of sp³-hybridized carbons (Fsp3) is 0. The summed E-state index contributed by atoms with van der Waals surface area (Å²) in [6.07, 6.45) is 6.37. The van der Waals surface area contributed by atoms with E-state index < -0.39 is 0 Å². The van der Waals surface area contributed by atoms with Crippen LogP contribution < -0.4 is 10.6 Å². The highest BCUT2D eigenvalue weighted by Gasteiger charge is 2.03. The molecule has 0 aromatic carbocycles. The second kappa shape index (κ2) is 8.89. The quantitative estimate of drug-likeness (QED) is 0.617. The van der Waals surface area contributed by atoms with Gasteiger partial charge < -0.3 is 10.6 Å². The molecule has 5 nitrogen and oxygen atoms in total. The molecule has 0 aliphatic heterocycles. The maximum absolute atomic E-state index is 11.9. The van der Waals surface area contributed by atoms with E-state index in [2.05, 4.69) is 15.6 Å². The van der Waals surface area contributed by atoms with Gasteiger partial charge in [-0.2, -0.15) is 0 Å². The fourth-order valence-corrected chi connectivity index (χ4v) is 3.23. The topological polar surface area (TPSA) is 71.1 Å². The van der Waals surface area contributed by atoms with Gasteiger partial charge >= 0.3 is 0 Å². The highest BCUT2D eigenvalue weighted by Crippen LogP contribution is 2.13. The Labute approximate surface area is 158 Å². The standard InChI is InChI=1S/C19H15N3O2S2/c23-18(10-8-14-4-2-12-25-14)21-16-6-1-7-17(20-16)22-19(24)11-9-15-5-3-13-26-15/h1-13H,(H2,20,21,22,23,24). The van der Waals surface area contributed by atoms with Crippen LogP contribution in [0.3, 0.4) is 0 Å². The van der Waals surface area contributed by atoms with Crippen LogP contribution in [0.1, 0.15) is 9.75 Å². The van der Waals surface area contributed by atoms with E-state index in [0.717, 1.165) is 9.75 Å². The first-order chi connectivity index (χ1) is 12.7. The molecule has 0 saturated carbocycles. The third-order valence-corrected chi connectivity index (χ3v) is 4.81. The molecule has 0 radical (unpaired) electrons. The number of hydrogen-bond acceptors (Lipinski definition) is 5. The Hall–Kier alpha value is -3.03. The highest BCUT2D eigenvalue weighted by molar-refractivity contribution is 7.11. The Kier molecular flexibility index (Phi) is 6.08. The molecule has 3 heterocycles. The SMILES string of the molecule is O=C(C=Cc1cccs1)Nc1cccc(NC(=O)C=Cc2cccs2)n1. The van der Waals surface area contributed by atoms with Crippen molar-refractivity contribution in [1.29, 1.82) is 0 Å². The van der Waals surface area contributed by atoms with Crippen LogP contribution >= 0.6 is 22.7 Å². The van der Waals surface area contributed by atoms with E-state index in [1.165, 1.54) is 12.2 Å². The Balaban J connectivity index is 1.57. The number of hydrogen-bond donors (Lipinski definition) is 2. The molecule has 2 N–H and O–H groups in total. The van der Waals surface area contributed by atoms with Gasteiger partial charge in [0.25, 0.3) is 0 Å². The normalized spacial score (nSPS) is 11.1. The van der Waals surface area contributed by atoms with Crippen molar-refractivity contribution in [1.82, 2.24) is 4.98 Å². The molecular formula is C19H15N3O2S2. The third-order valence-electron chi connectivity index (χ3n) is 3.14. The predicted molar refractivity (Wildman–Crippen MR) is 108 cm³/mol. The summed E-state index contributed by atoms with van der Waals surface area (Å²) in [5, 5.41) is 9.23. The lowest BCUT2D eigenvalue weighted by molar-refractivity contribution is -0.112. The van der Waals surface area contributed by atoms with Crippen LogP contribution in [0.25, 0.3) is 12.2 Å². The average molecular weight is 381 g/mol. The van der Waals surface area contributed by atoms with Gasteiger partial charge in [0.2, 0.25) is 11.8 Å². The molecule has 0 bridgehead atoms. The Bertz CT molecular complexity index is 856. The third kappa shape index (κ3) is 5.51. The second-order valence-electron chi connectivity index (χ2n) is 5.08. The van der Waals surface area contributed by atoms with Crippen molar-refractivity contribution in [3.05, 3.63) is 75.1 Å². The molecule has 0 aliphatic carbocycles. The zero-order valence-electron chi connectivity index (χ0n) is 13.6. The smallest absolute Gasteiger partial charge is 0.249 e. The number of nitrogens with one attached hydrogen (secondary N) is 2. The van der Waals surface area contributed by atoms with Crippen molar-refractivity contribution in [2.45, 2.75) is 0 Å². The van der Waals surface area contributed by atoms with E-state index in [1.54, 1.807) is 53.0 Å². The summed E-state index contributed by atoms with van der Waals surface area (Å²) in [4.78, 5) is 30.1. The van der Waals surface area contributed by atoms with E-state index in [0.29, 0.717) is 11.6 Å². The van der Waals surface area contributed by atoms with Crippen LogP contribution in [0.15, 0.2) is 65.4 Å². The first-order valence-electron chi connectivity index (χ1n) is 7.71. The molecule has 0 fully saturated rings. The van der Waals surface area contributed by atoms with Gasteiger partial charge in [0.1, 0.15) is 11.6 Å². The molecule has 0 aliphatic rings. The number of nitrogens with zero attached hydrogens (tertiary/aromatic N) is 1. The molecule has 2 amide bonds. The highest BCUT2D eigenvalue weighted by atomic mass is 32.1. The summed E-state index contributed by atoms with van der Waals surface area (Å²) in [6.45, 7) is 0. The Morgan fingerprint density at radius 2 is 1.27 bits per heavy atom. The second-order valence-corrected chi connectivity index (χ2v) is 7.04. The zero-order valence-corrected chi connectivity index (χ0v) is 15.2. The van der Waals surface area contributed by atoms with Crippen molar-refractivity contribution in [2.75, 3.05) is 10.6 Å². The van der Waals surface area contributed by atoms with Crippen molar-refractivity contribution in [3.63, 3.8) is 0 Å². The minimum absolute atomic E-state index is 0.285. The molecule has 7 heteroatoms. The molecule has 0 saturated heterocycles.